The van der Waals surface area contributed by atoms with Crippen molar-refractivity contribution in [3.63, 3.8) is 0 Å². The highest BCUT2D eigenvalue weighted by molar-refractivity contribution is 8.01. The third-order valence-corrected chi connectivity index (χ3v) is 4.92. The van der Waals surface area contributed by atoms with Crippen LogP contribution in [0.4, 0.5) is 5.82 Å². The lowest BCUT2D eigenvalue weighted by molar-refractivity contribution is -0.128. The maximum absolute atomic E-state index is 12.0. The minimum absolute atomic E-state index is 0.0192. The van der Waals surface area contributed by atoms with Gasteiger partial charge in [-0.05, 0) is 25.0 Å². The Labute approximate surface area is 105 Å². The van der Waals surface area contributed by atoms with Crippen LogP contribution in [0.2, 0.25) is 0 Å². The number of amides is 1. The number of carbonyl (C=O) groups is 1. The maximum Gasteiger partial charge on any atom is 0.252 e. The highest BCUT2D eigenvalue weighted by Crippen LogP contribution is 2.48. The van der Waals surface area contributed by atoms with Crippen molar-refractivity contribution in [2.45, 2.75) is 30.6 Å². The van der Waals surface area contributed by atoms with E-state index in [1.807, 2.05) is 23.2 Å². The molecule has 0 radical (unpaired) electrons. The summed E-state index contributed by atoms with van der Waals surface area (Å²) in [5, 5.41) is 1.81. The predicted octanol–water partition coefficient (Wildman–Crippen LogP) is 2.25. The Morgan fingerprint density at radius 2 is 2.18 bits per heavy atom. The topological polar surface area (TPSA) is 45.2 Å². The van der Waals surface area contributed by atoms with Gasteiger partial charge >= 0.3 is 0 Å². The van der Waals surface area contributed by atoms with E-state index in [2.05, 4.69) is 10.4 Å². The summed E-state index contributed by atoms with van der Waals surface area (Å²) in [6, 6.07) is 5.68. The molecule has 1 spiro atoms. The normalized spacial score (nSPS) is 22.4. The lowest BCUT2D eigenvalue weighted by atomic mass is 10.2. The number of nitrogens with zero attached hydrogens (tertiary/aromatic N) is 2. The lowest BCUT2D eigenvalue weighted by Gasteiger charge is -2.33. The van der Waals surface area contributed by atoms with Crippen LogP contribution in [0.5, 0.6) is 0 Å². The number of hydrogen-bond acceptors (Lipinski definition) is 4. The molecule has 0 aromatic carbocycles. The van der Waals surface area contributed by atoms with E-state index in [9.17, 15) is 4.79 Å². The molecular weight excluding hydrogens is 234 g/mol. The quantitative estimate of drug-likeness (QED) is 0.873. The standard InChI is InChI=1S/C12H15N3OS/c16-11-9-17-12(6-2-3-7-12)15(11)14-10-5-1-4-8-13-10/h1,4-5,8H,2-3,6-7,9H2,(H,13,14). The third-order valence-electron chi connectivity index (χ3n) is 3.40. The highest BCUT2D eigenvalue weighted by Gasteiger charge is 2.48. The van der Waals surface area contributed by atoms with Gasteiger partial charge in [-0.2, -0.15) is 0 Å². The van der Waals surface area contributed by atoms with Crippen LogP contribution < -0.4 is 5.43 Å². The van der Waals surface area contributed by atoms with Gasteiger partial charge in [0, 0.05) is 6.20 Å². The summed E-state index contributed by atoms with van der Waals surface area (Å²) in [7, 11) is 0. The first-order chi connectivity index (χ1) is 8.30. The second-order valence-electron chi connectivity index (χ2n) is 4.50. The average Bonchev–Trinajstić information content (AvgIpc) is 2.94. The number of pyridine rings is 1. The summed E-state index contributed by atoms with van der Waals surface area (Å²) in [4.78, 5) is 16.2. The van der Waals surface area contributed by atoms with Gasteiger partial charge < -0.3 is 0 Å². The van der Waals surface area contributed by atoms with Crippen LogP contribution in [-0.2, 0) is 4.79 Å². The van der Waals surface area contributed by atoms with Crippen LogP contribution in [-0.4, -0.2) is 26.5 Å². The van der Waals surface area contributed by atoms with E-state index in [1.165, 1.54) is 12.8 Å². The maximum atomic E-state index is 12.0. The second kappa shape index (κ2) is 4.22. The molecular formula is C12H15N3OS. The second-order valence-corrected chi connectivity index (χ2v) is 5.84. The van der Waals surface area contributed by atoms with Crippen LogP contribution in [0.3, 0.4) is 0 Å². The molecule has 0 bridgehead atoms. The average molecular weight is 249 g/mol. The number of hydrogen-bond donors (Lipinski definition) is 1. The molecule has 1 amide bonds. The zero-order valence-corrected chi connectivity index (χ0v) is 10.4. The summed E-state index contributed by atoms with van der Waals surface area (Å²) in [6.45, 7) is 0. The molecule has 5 heteroatoms. The fraction of sp³-hybridized carbons (Fsp3) is 0.500. The molecule has 90 valence electrons. The van der Waals surface area contributed by atoms with Crippen molar-refractivity contribution in [2.75, 3.05) is 11.2 Å². The summed E-state index contributed by atoms with van der Waals surface area (Å²) in [5.41, 5.74) is 3.18. The van der Waals surface area contributed by atoms with Crippen LogP contribution in [0, 0.1) is 0 Å². The monoisotopic (exact) mass is 249 g/mol. The first-order valence-corrected chi connectivity index (χ1v) is 6.93. The Hall–Kier alpha value is -1.23. The highest BCUT2D eigenvalue weighted by atomic mass is 32.2. The molecule has 0 unspecified atom stereocenters. The SMILES string of the molecule is O=C1CSC2(CCCC2)N1Nc1ccccn1. The molecule has 1 aliphatic heterocycles. The van der Waals surface area contributed by atoms with Gasteiger partial charge in [0.1, 0.15) is 10.7 Å². The summed E-state index contributed by atoms with van der Waals surface area (Å²) in [5.74, 6) is 1.50. The molecule has 17 heavy (non-hydrogen) atoms. The van der Waals surface area contributed by atoms with Gasteiger partial charge in [-0.3, -0.25) is 10.2 Å². The molecule has 0 atom stereocenters. The molecule has 1 aromatic heterocycles. The van der Waals surface area contributed by atoms with Crippen molar-refractivity contribution < 1.29 is 4.79 Å². The summed E-state index contributed by atoms with van der Waals surface area (Å²) < 4.78 is 0. The Morgan fingerprint density at radius 1 is 1.35 bits per heavy atom. The Bertz CT molecular complexity index is 417. The molecule has 1 saturated heterocycles. The number of nitrogens with one attached hydrogen (secondary N) is 1. The van der Waals surface area contributed by atoms with Gasteiger partial charge in [0.05, 0.1) is 5.75 Å². The Balaban J connectivity index is 1.82. The van der Waals surface area contributed by atoms with E-state index in [1.54, 1.807) is 18.0 Å². The summed E-state index contributed by atoms with van der Waals surface area (Å²) >= 11 is 1.77. The van der Waals surface area contributed by atoms with Crippen molar-refractivity contribution in [3.8, 4) is 0 Å². The van der Waals surface area contributed by atoms with E-state index in [4.69, 9.17) is 0 Å². The number of anilines is 1. The van der Waals surface area contributed by atoms with E-state index in [-0.39, 0.29) is 10.8 Å². The smallest absolute Gasteiger partial charge is 0.252 e. The first-order valence-electron chi connectivity index (χ1n) is 5.95. The van der Waals surface area contributed by atoms with Gasteiger partial charge in [0.2, 0.25) is 0 Å². The van der Waals surface area contributed by atoms with Crippen LogP contribution in [0.1, 0.15) is 25.7 Å². The van der Waals surface area contributed by atoms with Crippen LogP contribution in [0.25, 0.3) is 0 Å². The first kappa shape index (κ1) is 10.9. The zero-order chi connectivity index (χ0) is 11.7. The number of thioether (sulfide) groups is 1. The number of carbonyl (C=O) groups excluding carboxylic acids is 1. The summed E-state index contributed by atoms with van der Waals surface area (Å²) in [6.07, 6.45) is 6.32. The molecule has 3 rings (SSSR count). The van der Waals surface area contributed by atoms with Gasteiger partial charge in [-0.1, -0.05) is 18.9 Å². The fourth-order valence-electron chi connectivity index (χ4n) is 2.56. The minimum Gasteiger partial charge on any atom is -0.278 e. The third kappa shape index (κ3) is 1.88. The van der Waals surface area contributed by atoms with Crippen LogP contribution in [0.15, 0.2) is 24.4 Å². The van der Waals surface area contributed by atoms with E-state index < -0.39 is 0 Å². The Kier molecular flexibility index (Phi) is 2.70. The molecule has 1 saturated carbocycles. The zero-order valence-electron chi connectivity index (χ0n) is 9.56. The van der Waals surface area contributed by atoms with Crippen LogP contribution >= 0.6 is 11.8 Å². The molecule has 1 aromatic rings. The Morgan fingerprint density at radius 3 is 2.88 bits per heavy atom. The predicted molar refractivity (Wildman–Crippen MR) is 68.4 cm³/mol. The molecule has 2 aliphatic rings. The van der Waals surface area contributed by atoms with Gasteiger partial charge in [-0.15, -0.1) is 11.8 Å². The van der Waals surface area contributed by atoms with E-state index >= 15 is 0 Å². The van der Waals surface area contributed by atoms with Crippen molar-refractivity contribution >= 4 is 23.5 Å². The van der Waals surface area contributed by atoms with Crippen molar-refractivity contribution in [2.24, 2.45) is 0 Å². The molecule has 1 aliphatic carbocycles. The number of aromatic nitrogens is 1. The van der Waals surface area contributed by atoms with Crippen molar-refractivity contribution in [3.05, 3.63) is 24.4 Å². The van der Waals surface area contributed by atoms with E-state index in [0.717, 1.165) is 18.7 Å². The van der Waals surface area contributed by atoms with Gasteiger partial charge in [-0.25, -0.2) is 9.99 Å². The van der Waals surface area contributed by atoms with Gasteiger partial charge in [0.15, 0.2) is 0 Å². The fourth-order valence-corrected chi connectivity index (χ4v) is 3.93. The lowest BCUT2D eigenvalue weighted by Crippen LogP contribution is -2.46. The van der Waals surface area contributed by atoms with Gasteiger partial charge in [0.25, 0.3) is 5.91 Å². The van der Waals surface area contributed by atoms with Crippen molar-refractivity contribution in [1.29, 1.82) is 0 Å². The molecule has 1 N–H and O–H groups in total. The minimum atomic E-state index is -0.0192. The number of hydrazine groups is 1. The van der Waals surface area contributed by atoms with E-state index in [0.29, 0.717) is 5.75 Å². The molecule has 4 nitrogen and oxygen atoms in total. The number of rotatable bonds is 2. The molecule has 2 heterocycles. The van der Waals surface area contributed by atoms with Crippen molar-refractivity contribution in [1.82, 2.24) is 9.99 Å². The largest absolute Gasteiger partial charge is 0.278 e. The molecule has 2 fully saturated rings.